The summed E-state index contributed by atoms with van der Waals surface area (Å²) in [6.07, 6.45) is 6.94. The van der Waals surface area contributed by atoms with Gasteiger partial charge in [0, 0.05) is 12.4 Å². The van der Waals surface area contributed by atoms with Gasteiger partial charge in [-0.15, -0.1) is 0 Å². The number of aromatic nitrogens is 2. The van der Waals surface area contributed by atoms with Crippen LogP contribution in [0.4, 0.5) is 0 Å². The Hall–Kier alpha value is -2.55. The van der Waals surface area contributed by atoms with E-state index < -0.39 is 0 Å². The molecule has 94 valence electrons. The van der Waals surface area contributed by atoms with E-state index in [0.29, 0.717) is 0 Å². The first-order valence-corrected chi connectivity index (χ1v) is 6.02. The molecule has 0 aromatic carbocycles. The van der Waals surface area contributed by atoms with Gasteiger partial charge in [-0.3, -0.25) is 9.98 Å². The van der Waals surface area contributed by atoms with Crippen molar-refractivity contribution < 1.29 is 0 Å². The van der Waals surface area contributed by atoms with E-state index in [1.807, 2.05) is 43.3 Å². The van der Waals surface area contributed by atoms with Gasteiger partial charge >= 0.3 is 0 Å². The summed E-state index contributed by atoms with van der Waals surface area (Å²) < 4.78 is 0. The standard InChI is InChI=1S/C16H15N3/c1-3-4-11-17-13(2)14-9-7-10-16(19-14)15-8-5-6-12-18-15/h3-12H,1H2,2H3/b11-4-,17-13?. The van der Waals surface area contributed by atoms with Gasteiger partial charge in [-0.05, 0) is 37.3 Å². The summed E-state index contributed by atoms with van der Waals surface area (Å²) in [4.78, 5) is 13.2. The third-order valence-electron chi connectivity index (χ3n) is 2.54. The van der Waals surface area contributed by atoms with Crippen molar-refractivity contribution in [2.45, 2.75) is 6.92 Å². The highest BCUT2D eigenvalue weighted by Gasteiger charge is 2.03. The average molecular weight is 249 g/mol. The molecular formula is C16H15N3. The largest absolute Gasteiger partial charge is 0.259 e. The van der Waals surface area contributed by atoms with Crippen LogP contribution in [0.3, 0.4) is 0 Å². The first-order chi connectivity index (χ1) is 9.31. The Balaban J connectivity index is 2.32. The zero-order chi connectivity index (χ0) is 13.5. The number of pyridine rings is 2. The second kappa shape index (κ2) is 6.40. The maximum atomic E-state index is 4.57. The van der Waals surface area contributed by atoms with Crippen LogP contribution in [0.25, 0.3) is 11.4 Å². The third kappa shape index (κ3) is 3.45. The van der Waals surface area contributed by atoms with E-state index >= 15 is 0 Å². The fourth-order valence-electron chi connectivity index (χ4n) is 1.57. The van der Waals surface area contributed by atoms with Gasteiger partial charge in [-0.1, -0.05) is 24.8 Å². The molecule has 0 saturated carbocycles. The molecule has 0 aliphatic heterocycles. The predicted molar refractivity (Wildman–Crippen MR) is 79.0 cm³/mol. The van der Waals surface area contributed by atoms with E-state index in [0.717, 1.165) is 22.8 Å². The predicted octanol–water partition coefficient (Wildman–Crippen LogP) is 3.65. The molecule has 2 aromatic heterocycles. The van der Waals surface area contributed by atoms with E-state index in [1.54, 1.807) is 24.5 Å². The Bertz CT molecular complexity index is 613. The molecule has 3 nitrogen and oxygen atoms in total. The van der Waals surface area contributed by atoms with Crippen LogP contribution in [0.2, 0.25) is 0 Å². The molecule has 0 aliphatic rings. The normalized spacial score (nSPS) is 11.7. The van der Waals surface area contributed by atoms with Gasteiger partial charge in [-0.25, -0.2) is 4.98 Å². The summed E-state index contributed by atoms with van der Waals surface area (Å²) in [7, 11) is 0. The summed E-state index contributed by atoms with van der Waals surface area (Å²) in [6.45, 7) is 5.53. The van der Waals surface area contributed by atoms with Crippen LogP contribution >= 0.6 is 0 Å². The SMILES string of the molecule is C=C/C=C\N=C(C)c1cccc(-c2ccccn2)n1. The topological polar surface area (TPSA) is 38.1 Å². The molecule has 0 saturated heterocycles. The van der Waals surface area contributed by atoms with Crippen molar-refractivity contribution >= 4 is 5.71 Å². The van der Waals surface area contributed by atoms with Crippen molar-refractivity contribution in [1.29, 1.82) is 0 Å². The van der Waals surface area contributed by atoms with Crippen molar-refractivity contribution in [3.05, 3.63) is 73.2 Å². The summed E-state index contributed by atoms with van der Waals surface area (Å²) in [6, 6.07) is 11.6. The molecule has 2 rings (SSSR count). The minimum absolute atomic E-state index is 0.844. The van der Waals surface area contributed by atoms with E-state index in [-0.39, 0.29) is 0 Å². The Labute approximate surface area is 113 Å². The minimum Gasteiger partial charge on any atom is -0.259 e. The lowest BCUT2D eigenvalue weighted by Crippen LogP contribution is -1.99. The van der Waals surface area contributed by atoms with Gasteiger partial charge in [0.05, 0.1) is 22.8 Å². The molecule has 0 bridgehead atoms. The van der Waals surface area contributed by atoms with E-state index in [4.69, 9.17) is 0 Å². The molecule has 0 spiro atoms. The molecule has 0 radical (unpaired) electrons. The smallest absolute Gasteiger partial charge is 0.0894 e. The Kier molecular flexibility index (Phi) is 4.34. The zero-order valence-electron chi connectivity index (χ0n) is 10.8. The Morgan fingerprint density at radius 2 is 2.00 bits per heavy atom. The van der Waals surface area contributed by atoms with Crippen molar-refractivity contribution in [2.24, 2.45) is 4.99 Å². The van der Waals surface area contributed by atoms with Crippen LogP contribution in [0, 0.1) is 0 Å². The lowest BCUT2D eigenvalue weighted by atomic mass is 10.2. The zero-order valence-corrected chi connectivity index (χ0v) is 10.8. The number of rotatable bonds is 4. The molecular weight excluding hydrogens is 234 g/mol. The van der Waals surface area contributed by atoms with Crippen LogP contribution in [-0.2, 0) is 0 Å². The van der Waals surface area contributed by atoms with Crippen molar-refractivity contribution in [3.63, 3.8) is 0 Å². The molecule has 0 unspecified atom stereocenters. The lowest BCUT2D eigenvalue weighted by Gasteiger charge is -2.03. The molecule has 2 heterocycles. The van der Waals surface area contributed by atoms with E-state index in [1.165, 1.54) is 0 Å². The van der Waals surface area contributed by atoms with Crippen LogP contribution in [0.1, 0.15) is 12.6 Å². The van der Waals surface area contributed by atoms with Gasteiger partial charge in [0.15, 0.2) is 0 Å². The summed E-state index contributed by atoms with van der Waals surface area (Å²) in [5.74, 6) is 0. The van der Waals surface area contributed by atoms with E-state index in [9.17, 15) is 0 Å². The highest BCUT2D eigenvalue weighted by Crippen LogP contribution is 2.14. The maximum absolute atomic E-state index is 4.57. The van der Waals surface area contributed by atoms with Crippen LogP contribution in [0.15, 0.2) is 72.5 Å². The third-order valence-corrected chi connectivity index (χ3v) is 2.54. The average Bonchev–Trinajstić information content (AvgIpc) is 2.48. The molecule has 0 N–H and O–H groups in total. The van der Waals surface area contributed by atoms with Gasteiger partial charge in [0.2, 0.25) is 0 Å². The van der Waals surface area contributed by atoms with Crippen LogP contribution in [0.5, 0.6) is 0 Å². The highest BCUT2D eigenvalue weighted by atomic mass is 14.8. The number of hydrogen-bond donors (Lipinski definition) is 0. The molecule has 0 atom stereocenters. The number of allylic oxidation sites excluding steroid dienone is 2. The summed E-state index contributed by atoms with van der Waals surface area (Å²) in [5.41, 5.74) is 3.41. The van der Waals surface area contributed by atoms with Crippen LogP contribution in [-0.4, -0.2) is 15.7 Å². The van der Waals surface area contributed by atoms with Gasteiger partial charge < -0.3 is 0 Å². The van der Waals surface area contributed by atoms with Crippen molar-refractivity contribution in [1.82, 2.24) is 9.97 Å². The number of aliphatic imine (C=N–C) groups is 1. The lowest BCUT2D eigenvalue weighted by molar-refractivity contribution is 1.22. The summed E-state index contributed by atoms with van der Waals surface area (Å²) >= 11 is 0. The first kappa shape index (κ1) is 12.9. The number of hydrogen-bond acceptors (Lipinski definition) is 3. The fourth-order valence-corrected chi connectivity index (χ4v) is 1.57. The van der Waals surface area contributed by atoms with Crippen molar-refractivity contribution in [3.8, 4) is 11.4 Å². The maximum Gasteiger partial charge on any atom is 0.0894 e. The first-order valence-electron chi connectivity index (χ1n) is 6.02. The molecule has 2 aromatic rings. The monoisotopic (exact) mass is 249 g/mol. The van der Waals surface area contributed by atoms with Gasteiger partial charge in [0.1, 0.15) is 0 Å². The van der Waals surface area contributed by atoms with Crippen LogP contribution < -0.4 is 0 Å². The van der Waals surface area contributed by atoms with Gasteiger partial charge in [0.25, 0.3) is 0 Å². The quantitative estimate of drug-likeness (QED) is 0.612. The van der Waals surface area contributed by atoms with Gasteiger partial charge in [-0.2, -0.15) is 0 Å². The highest BCUT2D eigenvalue weighted by molar-refractivity contribution is 5.97. The second-order valence-electron chi connectivity index (χ2n) is 3.91. The Morgan fingerprint density at radius 1 is 1.16 bits per heavy atom. The van der Waals surface area contributed by atoms with Crippen molar-refractivity contribution in [2.75, 3.05) is 0 Å². The molecule has 3 heteroatoms. The minimum atomic E-state index is 0.844. The molecule has 0 amide bonds. The Morgan fingerprint density at radius 3 is 2.74 bits per heavy atom. The molecule has 0 aliphatic carbocycles. The fraction of sp³-hybridized carbons (Fsp3) is 0.0625. The summed E-state index contributed by atoms with van der Waals surface area (Å²) in [5, 5.41) is 0. The molecule has 19 heavy (non-hydrogen) atoms. The second-order valence-corrected chi connectivity index (χ2v) is 3.91. The molecule has 0 fully saturated rings. The number of nitrogens with zero attached hydrogens (tertiary/aromatic N) is 3. The van der Waals surface area contributed by atoms with E-state index in [2.05, 4.69) is 21.5 Å².